The third kappa shape index (κ3) is 11.4. The molecule has 0 aliphatic carbocycles. The second kappa shape index (κ2) is 10.3. The minimum Gasteiger partial charge on any atom is -0.491 e. The van der Waals surface area contributed by atoms with E-state index in [1.807, 2.05) is 58.9 Å². The summed E-state index contributed by atoms with van der Waals surface area (Å²) < 4.78 is 28.3. The Bertz CT molecular complexity index is 766. The first kappa shape index (κ1) is 23.7. The minimum absolute atomic E-state index is 0.0386. The van der Waals surface area contributed by atoms with Gasteiger partial charge in [0.2, 0.25) is 5.91 Å². The molecule has 0 unspecified atom stereocenters. The molecule has 0 aliphatic heterocycles. The molecule has 1 aromatic rings. The summed E-state index contributed by atoms with van der Waals surface area (Å²) in [5.41, 5.74) is 0.383. The number of rotatable bonds is 8. The summed E-state index contributed by atoms with van der Waals surface area (Å²) in [6, 6.07) is 7.28. The first-order valence-corrected chi connectivity index (χ1v) is 11.2. The predicted octanol–water partition coefficient (Wildman–Crippen LogP) is 1.79. The van der Waals surface area contributed by atoms with Gasteiger partial charge in [0.15, 0.2) is 5.96 Å². The van der Waals surface area contributed by atoms with Gasteiger partial charge in [-0.1, -0.05) is 0 Å². The normalized spacial score (nSPS) is 12.6. The molecule has 0 bridgehead atoms. The first-order valence-electron chi connectivity index (χ1n) is 9.15. The molecule has 0 fully saturated rings. The zero-order valence-electron chi connectivity index (χ0n) is 17.5. The van der Waals surface area contributed by atoms with Gasteiger partial charge in [-0.15, -0.1) is 0 Å². The second-order valence-corrected chi connectivity index (χ2v) is 10.1. The van der Waals surface area contributed by atoms with Crippen LogP contribution in [-0.2, 0) is 14.6 Å². The Morgan fingerprint density at radius 1 is 1.18 bits per heavy atom. The van der Waals surface area contributed by atoms with Crippen molar-refractivity contribution >= 4 is 27.4 Å². The van der Waals surface area contributed by atoms with E-state index in [-0.39, 0.29) is 36.4 Å². The van der Waals surface area contributed by atoms with E-state index in [4.69, 9.17) is 4.74 Å². The van der Waals surface area contributed by atoms with Gasteiger partial charge in [0.25, 0.3) is 0 Å². The van der Waals surface area contributed by atoms with Crippen LogP contribution in [0.3, 0.4) is 0 Å². The summed E-state index contributed by atoms with van der Waals surface area (Å²) in [5.74, 6) is 0.805. The number of guanidine groups is 1. The van der Waals surface area contributed by atoms with Gasteiger partial charge in [-0.05, 0) is 58.9 Å². The fraction of sp³-hybridized carbons (Fsp3) is 0.579. The van der Waals surface area contributed by atoms with E-state index >= 15 is 0 Å². The second-order valence-electron chi connectivity index (χ2n) is 7.84. The number of aliphatic imine (C=N–C) groups is 1. The Kier molecular flexibility index (Phi) is 8.74. The summed E-state index contributed by atoms with van der Waals surface area (Å²) in [4.78, 5) is 16.3. The lowest BCUT2D eigenvalue weighted by atomic mass is 10.1. The third-order valence-corrected chi connectivity index (χ3v) is 4.10. The van der Waals surface area contributed by atoms with Crippen LogP contribution in [0, 0.1) is 0 Å². The molecular weight excluding hydrogens is 380 g/mol. The van der Waals surface area contributed by atoms with Crippen molar-refractivity contribution in [2.24, 2.45) is 4.99 Å². The van der Waals surface area contributed by atoms with E-state index < -0.39 is 9.84 Å². The fourth-order valence-corrected chi connectivity index (χ4v) is 2.60. The summed E-state index contributed by atoms with van der Waals surface area (Å²) in [5, 5.41) is 8.84. The number of nitrogens with zero attached hydrogens (tertiary/aromatic N) is 1. The maximum absolute atomic E-state index is 12.0. The molecule has 0 spiro atoms. The number of sulfone groups is 1. The molecule has 0 atom stereocenters. The van der Waals surface area contributed by atoms with Gasteiger partial charge in [-0.2, -0.15) is 0 Å². The molecule has 0 heterocycles. The molecule has 0 radical (unpaired) electrons. The minimum atomic E-state index is -3.11. The third-order valence-electron chi connectivity index (χ3n) is 3.15. The van der Waals surface area contributed by atoms with E-state index in [2.05, 4.69) is 20.9 Å². The molecule has 9 heteroatoms. The van der Waals surface area contributed by atoms with Crippen LogP contribution in [0.25, 0.3) is 0 Å². The predicted molar refractivity (Wildman–Crippen MR) is 114 cm³/mol. The van der Waals surface area contributed by atoms with E-state index in [0.29, 0.717) is 5.96 Å². The molecule has 1 amide bonds. The van der Waals surface area contributed by atoms with Crippen molar-refractivity contribution in [2.75, 3.05) is 30.4 Å². The van der Waals surface area contributed by atoms with Crippen molar-refractivity contribution in [2.45, 2.75) is 46.3 Å². The highest BCUT2D eigenvalue weighted by atomic mass is 32.2. The zero-order chi connectivity index (χ0) is 21.4. The largest absolute Gasteiger partial charge is 0.491 e. The maximum atomic E-state index is 12.0. The number of amides is 1. The molecule has 158 valence electrons. The molecule has 0 aromatic heterocycles. The van der Waals surface area contributed by atoms with Gasteiger partial charge in [-0.3, -0.25) is 4.79 Å². The average molecular weight is 413 g/mol. The molecule has 0 saturated heterocycles. The summed E-state index contributed by atoms with van der Waals surface area (Å²) >= 11 is 0. The number of nitrogens with one attached hydrogen (secondary N) is 3. The highest BCUT2D eigenvalue weighted by Gasteiger charge is 2.13. The molecule has 1 aromatic carbocycles. The van der Waals surface area contributed by atoms with Crippen molar-refractivity contribution in [1.82, 2.24) is 10.6 Å². The number of carbonyl (C=O) groups is 1. The number of hydrogen-bond acceptors (Lipinski definition) is 5. The molecular formula is C19H32N4O4S. The van der Waals surface area contributed by atoms with Gasteiger partial charge in [0.05, 0.1) is 11.9 Å². The first-order chi connectivity index (χ1) is 12.8. The number of carbonyl (C=O) groups excluding carboxylic acids is 1. The van der Waals surface area contributed by atoms with Crippen LogP contribution in [-0.4, -0.2) is 57.0 Å². The van der Waals surface area contributed by atoms with E-state index in [0.717, 1.165) is 11.4 Å². The highest BCUT2D eigenvalue weighted by Crippen LogP contribution is 2.16. The summed E-state index contributed by atoms with van der Waals surface area (Å²) in [6.07, 6.45) is 1.25. The van der Waals surface area contributed by atoms with Crippen molar-refractivity contribution in [3.8, 4) is 5.75 Å². The van der Waals surface area contributed by atoms with E-state index in [1.165, 1.54) is 6.26 Å². The Morgan fingerprint density at radius 3 is 2.29 bits per heavy atom. The lowest BCUT2D eigenvalue weighted by Crippen LogP contribution is -2.42. The molecule has 1 rings (SSSR count). The Labute approximate surface area is 168 Å². The molecule has 8 nitrogen and oxygen atoms in total. The van der Waals surface area contributed by atoms with Crippen LogP contribution < -0.4 is 20.7 Å². The number of hydrogen-bond donors (Lipinski definition) is 3. The average Bonchev–Trinajstić information content (AvgIpc) is 2.51. The van der Waals surface area contributed by atoms with Crippen LogP contribution in [0.15, 0.2) is 29.3 Å². The zero-order valence-corrected chi connectivity index (χ0v) is 18.3. The topological polar surface area (TPSA) is 109 Å². The monoisotopic (exact) mass is 412 g/mol. The highest BCUT2D eigenvalue weighted by molar-refractivity contribution is 7.90. The van der Waals surface area contributed by atoms with Crippen molar-refractivity contribution in [3.63, 3.8) is 0 Å². The standard InChI is InChI=1S/C19H32N4O4S/c1-14(2)27-16-9-7-15(8-10-16)22-18(20-11-12-28(6,25)26)21-13-17(24)23-19(3,4)5/h7-10,14H,11-13H2,1-6H3,(H,23,24)(H2,20,21,22). The van der Waals surface area contributed by atoms with Gasteiger partial charge < -0.3 is 20.7 Å². The van der Waals surface area contributed by atoms with Gasteiger partial charge in [0.1, 0.15) is 22.1 Å². The van der Waals surface area contributed by atoms with Crippen molar-refractivity contribution in [1.29, 1.82) is 0 Å². The van der Waals surface area contributed by atoms with Gasteiger partial charge in [-0.25, -0.2) is 13.4 Å². The van der Waals surface area contributed by atoms with Gasteiger partial charge >= 0.3 is 0 Å². The number of benzene rings is 1. The van der Waals surface area contributed by atoms with Crippen LogP contribution in [0.5, 0.6) is 5.75 Å². The lowest BCUT2D eigenvalue weighted by Gasteiger charge is -2.20. The van der Waals surface area contributed by atoms with Crippen molar-refractivity contribution in [3.05, 3.63) is 24.3 Å². The molecule has 0 aliphatic rings. The van der Waals surface area contributed by atoms with Crippen LogP contribution >= 0.6 is 0 Å². The van der Waals surface area contributed by atoms with Gasteiger partial charge in [0, 0.05) is 24.0 Å². The Balaban J connectivity index is 2.81. The lowest BCUT2D eigenvalue weighted by molar-refractivity contribution is -0.121. The van der Waals surface area contributed by atoms with Crippen LogP contribution in [0.4, 0.5) is 5.69 Å². The smallest absolute Gasteiger partial charge is 0.242 e. The Morgan fingerprint density at radius 2 is 1.79 bits per heavy atom. The van der Waals surface area contributed by atoms with Crippen molar-refractivity contribution < 1.29 is 17.9 Å². The Hall–Kier alpha value is -2.29. The molecule has 0 saturated carbocycles. The van der Waals surface area contributed by atoms with Crippen LogP contribution in [0.2, 0.25) is 0 Å². The number of anilines is 1. The fourth-order valence-electron chi connectivity index (χ4n) is 2.13. The SMILES string of the molecule is CC(C)Oc1ccc(NC(=NCC(=O)NC(C)(C)C)NCCS(C)(=O)=O)cc1. The quantitative estimate of drug-likeness (QED) is 0.444. The van der Waals surface area contributed by atoms with Crippen LogP contribution in [0.1, 0.15) is 34.6 Å². The number of ether oxygens (including phenoxy) is 1. The molecule has 28 heavy (non-hydrogen) atoms. The summed E-state index contributed by atoms with van der Waals surface area (Å²) in [7, 11) is -3.11. The molecule has 3 N–H and O–H groups in total. The maximum Gasteiger partial charge on any atom is 0.242 e. The summed E-state index contributed by atoms with van der Waals surface area (Å²) in [6.45, 7) is 9.66. The van der Waals surface area contributed by atoms with E-state index in [1.54, 1.807) is 0 Å². The van der Waals surface area contributed by atoms with E-state index in [9.17, 15) is 13.2 Å².